The first-order chi connectivity index (χ1) is 11.2. The largest absolute Gasteiger partial charge is 0.350 e. The SMILES string of the molecule is CN(C)S(=O)(=O)c1ccc(CNC(=O)C(C)(C)n2cnnn2)cc1. The number of carbonyl (C=O) groups is 1. The van der Waals surface area contributed by atoms with Crippen LogP contribution in [-0.4, -0.2) is 52.9 Å². The number of tetrazole rings is 1. The molecule has 1 aromatic carbocycles. The van der Waals surface area contributed by atoms with Gasteiger partial charge in [-0.25, -0.2) is 17.4 Å². The molecule has 0 saturated carbocycles. The second-order valence-electron chi connectivity index (χ2n) is 5.93. The fourth-order valence-electron chi connectivity index (χ4n) is 1.91. The molecule has 1 amide bonds. The van der Waals surface area contributed by atoms with E-state index in [1.54, 1.807) is 26.0 Å². The first-order valence-electron chi connectivity index (χ1n) is 7.19. The van der Waals surface area contributed by atoms with Crippen molar-refractivity contribution in [2.24, 2.45) is 0 Å². The van der Waals surface area contributed by atoms with Gasteiger partial charge in [-0.15, -0.1) is 5.10 Å². The molecule has 0 spiro atoms. The van der Waals surface area contributed by atoms with Gasteiger partial charge in [0.25, 0.3) is 0 Å². The third kappa shape index (κ3) is 3.60. The zero-order valence-electron chi connectivity index (χ0n) is 14.0. The molecule has 24 heavy (non-hydrogen) atoms. The molecule has 2 rings (SSSR count). The molecule has 0 atom stereocenters. The Morgan fingerprint density at radius 1 is 1.25 bits per heavy atom. The topological polar surface area (TPSA) is 110 Å². The van der Waals surface area contributed by atoms with Crippen molar-refractivity contribution in [3.05, 3.63) is 36.2 Å². The normalized spacial score (nSPS) is 12.4. The predicted molar refractivity (Wildman–Crippen MR) is 86.3 cm³/mol. The van der Waals surface area contributed by atoms with Gasteiger partial charge in [0.15, 0.2) is 0 Å². The van der Waals surface area contributed by atoms with Crippen LogP contribution in [0.25, 0.3) is 0 Å². The summed E-state index contributed by atoms with van der Waals surface area (Å²) in [5, 5.41) is 13.6. The summed E-state index contributed by atoms with van der Waals surface area (Å²) in [5.74, 6) is -0.250. The van der Waals surface area contributed by atoms with E-state index in [4.69, 9.17) is 0 Å². The molecule has 0 unspecified atom stereocenters. The van der Waals surface area contributed by atoms with Crippen molar-refractivity contribution in [2.75, 3.05) is 14.1 Å². The van der Waals surface area contributed by atoms with Gasteiger partial charge in [0.05, 0.1) is 4.90 Å². The van der Waals surface area contributed by atoms with E-state index >= 15 is 0 Å². The van der Waals surface area contributed by atoms with Gasteiger partial charge in [0.1, 0.15) is 11.9 Å². The summed E-state index contributed by atoms with van der Waals surface area (Å²) in [6.45, 7) is 3.67. The van der Waals surface area contributed by atoms with Crippen molar-refractivity contribution in [3.63, 3.8) is 0 Å². The van der Waals surface area contributed by atoms with Crippen LogP contribution in [0, 0.1) is 0 Å². The molecular formula is C14H20N6O3S. The van der Waals surface area contributed by atoms with Crippen molar-refractivity contribution < 1.29 is 13.2 Å². The van der Waals surface area contributed by atoms with E-state index in [0.717, 1.165) is 9.87 Å². The van der Waals surface area contributed by atoms with Gasteiger partial charge in [0, 0.05) is 20.6 Å². The van der Waals surface area contributed by atoms with E-state index in [9.17, 15) is 13.2 Å². The van der Waals surface area contributed by atoms with Crippen LogP contribution in [0.3, 0.4) is 0 Å². The molecule has 130 valence electrons. The highest BCUT2D eigenvalue weighted by molar-refractivity contribution is 7.89. The van der Waals surface area contributed by atoms with Crippen LogP contribution >= 0.6 is 0 Å². The molecule has 0 aliphatic heterocycles. The lowest BCUT2D eigenvalue weighted by molar-refractivity contribution is -0.129. The van der Waals surface area contributed by atoms with Crippen LogP contribution in [0.5, 0.6) is 0 Å². The van der Waals surface area contributed by atoms with Crippen LogP contribution < -0.4 is 5.32 Å². The van der Waals surface area contributed by atoms with Crippen LogP contribution in [0.2, 0.25) is 0 Å². The fourth-order valence-corrected chi connectivity index (χ4v) is 2.81. The summed E-state index contributed by atoms with van der Waals surface area (Å²) in [6, 6.07) is 6.37. The maximum absolute atomic E-state index is 12.3. The van der Waals surface area contributed by atoms with Crippen molar-refractivity contribution in [1.29, 1.82) is 0 Å². The van der Waals surface area contributed by atoms with E-state index in [-0.39, 0.29) is 17.3 Å². The lowest BCUT2D eigenvalue weighted by atomic mass is 10.1. The minimum atomic E-state index is -3.46. The third-order valence-electron chi connectivity index (χ3n) is 3.63. The van der Waals surface area contributed by atoms with Gasteiger partial charge in [-0.3, -0.25) is 4.79 Å². The number of benzene rings is 1. The highest BCUT2D eigenvalue weighted by Gasteiger charge is 2.30. The molecule has 1 aromatic heterocycles. The number of hydrogen-bond donors (Lipinski definition) is 1. The molecule has 1 N–H and O–H groups in total. The average Bonchev–Trinajstić information content (AvgIpc) is 3.08. The van der Waals surface area contributed by atoms with Gasteiger partial charge in [0.2, 0.25) is 15.9 Å². The second kappa shape index (κ2) is 6.65. The van der Waals surface area contributed by atoms with E-state index in [1.165, 1.54) is 37.2 Å². The Hall–Kier alpha value is -2.33. The first-order valence-corrected chi connectivity index (χ1v) is 8.63. The van der Waals surface area contributed by atoms with Crippen LogP contribution in [0.1, 0.15) is 19.4 Å². The van der Waals surface area contributed by atoms with Crippen LogP contribution in [0.4, 0.5) is 0 Å². The van der Waals surface area contributed by atoms with E-state index in [1.807, 2.05) is 0 Å². The summed E-state index contributed by atoms with van der Waals surface area (Å²) in [7, 11) is -0.504. The number of sulfonamides is 1. The van der Waals surface area contributed by atoms with Gasteiger partial charge in [-0.1, -0.05) is 12.1 Å². The third-order valence-corrected chi connectivity index (χ3v) is 5.46. The first kappa shape index (κ1) is 18.0. The van der Waals surface area contributed by atoms with E-state index in [2.05, 4.69) is 20.8 Å². The molecule has 0 radical (unpaired) electrons. The molecule has 9 nitrogen and oxygen atoms in total. The number of nitrogens with zero attached hydrogens (tertiary/aromatic N) is 5. The molecule has 10 heteroatoms. The zero-order chi connectivity index (χ0) is 18.0. The Morgan fingerprint density at radius 2 is 1.88 bits per heavy atom. The molecule has 0 bridgehead atoms. The second-order valence-corrected chi connectivity index (χ2v) is 8.08. The highest BCUT2D eigenvalue weighted by atomic mass is 32.2. The van der Waals surface area contributed by atoms with E-state index < -0.39 is 15.6 Å². The van der Waals surface area contributed by atoms with Crippen molar-refractivity contribution in [3.8, 4) is 0 Å². The quantitative estimate of drug-likeness (QED) is 0.782. The molecule has 0 saturated heterocycles. The lowest BCUT2D eigenvalue weighted by Gasteiger charge is -2.22. The Balaban J connectivity index is 2.04. The summed E-state index contributed by atoms with van der Waals surface area (Å²) in [5.41, 5.74) is -0.147. The predicted octanol–water partition coefficient (Wildman–Crippen LogP) is -0.0251. The molecule has 0 aliphatic carbocycles. The van der Waals surface area contributed by atoms with Gasteiger partial charge in [-0.05, 0) is 42.0 Å². The summed E-state index contributed by atoms with van der Waals surface area (Å²) in [4.78, 5) is 12.5. The van der Waals surface area contributed by atoms with Gasteiger partial charge >= 0.3 is 0 Å². The molecular weight excluding hydrogens is 332 g/mol. The molecule has 0 aliphatic rings. The number of nitrogens with one attached hydrogen (secondary N) is 1. The van der Waals surface area contributed by atoms with Gasteiger partial charge in [-0.2, -0.15) is 0 Å². The Labute approximate surface area is 140 Å². The summed E-state index contributed by atoms with van der Waals surface area (Å²) in [6.07, 6.45) is 1.38. The standard InChI is InChI=1S/C14H20N6O3S/c1-14(2,20-10-16-17-18-20)13(21)15-9-11-5-7-12(8-6-11)24(22,23)19(3)4/h5-8,10H,9H2,1-4H3,(H,15,21). The number of carbonyl (C=O) groups excluding carboxylic acids is 1. The highest BCUT2D eigenvalue weighted by Crippen LogP contribution is 2.15. The van der Waals surface area contributed by atoms with Gasteiger partial charge < -0.3 is 5.32 Å². The number of aromatic nitrogens is 4. The number of hydrogen-bond acceptors (Lipinski definition) is 6. The maximum atomic E-state index is 12.3. The minimum absolute atomic E-state index is 0.205. The van der Waals surface area contributed by atoms with E-state index in [0.29, 0.717) is 0 Å². The van der Waals surface area contributed by atoms with Crippen molar-refractivity contribution in [2.45, 2.75) is 30.8 Å². The number of rotatable bonds is 6. The fraction of sp³-hybridized carbons (Fsp3) is 0.429. The molecule has 0 fully saturated rings. The zero-order valence-corrected chi connectivity index (χ0v) is 14.8. The smallest absolute Gasteiger partial charge is 0.247 e. The van der Waals surface area contributed by atoms with Crippen molar-refractivity contribution >= 4 is 15.9 Å². The Morgan fingerprint density at radius 3 is 2.38 bits per heavy atom. The maximum Gasteiger partial charge on any atom is 0.247 e. The van der Waals surface area contributed by atoms with Crippen molar-refractivity contribution in [1.82, 2.24) is 29.8 Å². The summed E-state index contributed by atoms with van der Waals surface area (Å²) >= 11 is 0. The monoisotopic (exact) mass is 352 g/mol. The lowest BCUT2D eigenvalue weighted by Crippen LogP contribution is -2.44. The molecule has 1 heterocycles. The summed E-state index contributed by atoms with van der Waals surface area (Å²) < 4.78 is 26.5. The average molecular weight is 352 g/mol. The van der Waals surface area contributed by atoms with Crippen LogP contribution in [-0.2, 0) is 26.9 Å². The Kier molecular flexibility index (Phi) is 4.99. The molecule has 2 aromatic rings. The Bertz CT molecular complexity index is 798. The van der Waals surface area contributed by atoms with Crippen LogP contribution in [0.15, 0.2) is 35.5 Å². The number of amides is 1. The minimum Gasteiger partial charge on any atom is -0.350 e.